The minimum atomic E-state index is -0.0295. The molecule has 0 radical (unpaired) electrons. The second kappa shape index (κ2) is 8.28. The Bertz CT molecular complexity index is 1210. The van der Waals surface area contributed by atoms with E-state index >= 15 is 0 Å². The molecule has 1 aliphatic heterocycles. The maximum Gasteiger partial charge on any atom is 0.258 e. The predicted molar refractivity (Wildman–Crippen MR) is 120 cm³/mol. The van der Waals surface area contributed by atoms with Crippen LogP contribution in [0.5, 0.6) is 11.5 Å². The van der Waals surface area contributed by atoms with Gasteiger partial charge in [0.2, 0.25) is 0 Å². The number of hydrogen-bond acceptors (Lipinski definition) is 5. The van der Waals surface area contributed by atoms with Crippen LogP contribution in [-0.4, -0.2) is 22.4 Å². The van der Waals surface area contributed by atoms with Crippen molar-refractivity contribution in [3.8, 4) is 11.5 Å². The van der Waals surface area contributed by atoms with Crippen molar-refractivity contribution in [3.63, 3.8) is 0 Å². The number of amides is 1. The fourth-order valence-corrected chi connectivity index (χ4v) is 3.66. The number of ether oxygens (including phenoxy) is 1. The van der Waals surface area contributed by atoms with Gasteiger partial charge in [-0.3, -0.25) is 14.8 Å². The summed E-state index contributed by atoms with van der Waals surface area (Å²) in [7, 11) is 0. The van der Waals surface area contributed by atoms with Crippen LogP contribution < -0.4 is 15.0 Å². The Morgan fingerprint density at radius 3 is 2.42 bits per heavy atom. The predicted octanol–water partition coefficient (Wildman–Crippen LogP) is 5.22. The van der Waals surface area contributed by atoms with Gasteiger partial charge in [-0.15, -0.1) is 0 Å². The first kappa shape index (κ1) is 18.8. The normalized spacial score (nSPS) is 12.3. The van der Waals surface area contributed by atoms with E-state index in [4.69, 9.17) is 4.74 Å². The molecule has 152 valence electrons. The summed E-state index contributed by atoms with van der Waals surface area (Å²) in [6.07, 6.45) is 7.65. The van der Waals surface area contributed by atoms with Crippen LogP contribution in [0.3, 0.4) is 0 Å². The minimum absolute atomic E-state index is 0.0295. The molecule has 2 aromatic heterocycles. The lowest BCUT2D eigenvalue weighted by Gasteiger charge is -2.19. The number of nitrogens with zero attached hydrogens (tertiary/aromatic N) is 3. The minimum Gasteiger partial charge on any atom is -0.457 e. The second-order valence-electron chi connectivity index (χ2n) is 7.22. The zero-order valence-corrected chi connectivity index (χ0v) is 16.7. The molecule has 0 spiro atoms. The molecule has 2 aromatic carbocycles. The molecule has 0 saturated heterocycles. The van der Waals surface area contributed by atoms with Crippen LogP contribution in [-0.2, 0) is 6.42 Å². The molecular formula is C25H20N4O2. The zero-order chi connectivity index (χ0) is 21.0. The lowest BCUT2D eigenvalue weighted by atomic mass is 10.1. The summed E-state index contributed by atoms with van der Waals surface area (Å²) in [4.78, 5) is 23.2. The molecule has 31 heavy (non-hydrogen) atoms. The van der Waals surface area contributed by atoms with E-state index in [1.54, 1.807) is 36.9 Å². The Hall–Kier alpha value is -4.19. The van der Waals surface area contributed by atoms with Crippen molar-refractivity contribution in [3.05, 3.63) is 103 Å². The number of carbonyl (C=O) groups is 1. The van der Waals surface area contributed by atoms with Crippen molar-refractivity contribution in [1.29, 1.82) is 0 Å². The molecule has 0 bridgehead atoms. The van der Waals surface area contributed by atoms with Gasteiger partial charge in [0.05, 0.1) is 5.69 Å². The Morgan fingerprint density at radius 2 is 1.61 bits per heavy atom. The molecule has 1 aliphatic rings. The quantitative estimate of drug-likeness (QED) is 0.491. The van der Waals surface area contributed by atoms with Gasteiger partial charge in [-0.1, -0.05) is 12.1 Å². The number of anilines is 3. The monoisotopic (exact) mass is 408 g/mol. The molecule has 5 rings (SSSR count). The SMILES string of the molecule is O=C(c1cccc(Nc2ccncc2)c1)N1CCc2ccc(Oc3ccncc3)cc21. The number of aromatic nitrogens is 2. The Balaban J connectivity index is 1.38. The van der Waals surface area contributed by atoms with Gasteiger partial charge in [-0.05, 0) is 60.5 Å². The molecule has 6 heteroatoms. The summed E-state index contributed by atoms with van der Waals surface area (Å²) >= 11 is 0. The number of rotatable bonds is 5. The number of nitrogens with one attached hydrogen (secondary N) is 1. The van der Waals surface area contributed by atoms with Crippen molar-refractivity contribution in [2.45, 2.75) is 6.42 Å². The largest absolute Gasteiger partial charge is 0.457 e. The van der Waals surface area contributed by atoms with Crippen molar-refractivity contribution >= 4 is 23.0 Å². The highest BCUT2D eigenvalue weighted by Gasteiger charge is 2.26. The third kappa shape index (κ3) is 4.09. The standard InChI is InChI=1S/C25H20N4O2/c30-25(19-2-1-3-21(16-19)28-20-6-11-26-12-7-20)29-15-10-18-4-5-23(17-24(18)29)31-22-8-13-27-14-9-22/h1-9,11-14,16-17H,10,15H2,(H,26,28). The van der Waals surface area contributed by atoms with Crippen LogP contribution in [0.1, 0.15) is 15.9 Å². The van der Waals surface area contributed by atoms with Crippen molar-refractivity contribution in [2.75, 3.05) is 16.8 Å². The molecule has 6 nitrogen and oxygen atoms in total. The van der Waals surface area contributed by atoms with E-state index in [9.17, 15) is 4.79 Å². The van der Waals surface area contributed by atoms with Gasteiger partial charge >= 0.3 is 0 Å². The summed E-state index contributed by atoms with van der Waals surface area (Å²) in [5.74, 6) is 1.37. The second-order valence-corrected chi connectivity index (χ2v) is 7.22. The summed E-state index contributed by atoms with van der Waals surface area (Å²) < 4.78 is 5.93. The molecule has 1 amide bonds. The van der Waals surface area contributed by atoms with Crippen molar-refractivity contribution in [2.24, 2.45) is 0 Å². The van der Waals surface area contributed by atoms with Crippen LogP contribution >= 0.6 is 0 Å². The van der Waals surface area contributed by atoms with Crippen LogP contribution in [0, 0.1) is 0 Å². The topological polar surface area (TPSA) is 67.4 Å². The molecule has 0 unspecified atom stereocenters. The zero-order valence-electron chi connectivity index (χ0n) is 16.7. The average Bonchev–Trinajstić information content (AvgIpc) is 3.23. The van der Waals surface area contributed by atoms with E-state index in [-0.39, 0.29) is 5.91 Å². The Morgan fingerprint density at radius 1 is 0.839 bits per heavy atom. The average molecular weight is 408 g/mol. The van der Waals surface area contributed by atoms with Gasteiger partial charge in [-0.2, -0.15) is 0 Å². The molecule has 0 aliphatic carbocycles. The maximum absolute atomic E-state index is 13.3. The fourth-order valence-electron chi connectivity index (χ4n) is 3.66. The number of fused-ring (bicyclic) bond motifs is 1. The molecule has 4 aromatic rings. The van der Waals surface area contributed by atoms with Gasteiger partial charge < -0.3 is 15.0 Å². The highest BCUT2D eigenvalue weighted by Crippen LogP contribution is 2.34. The highest BCUT2D eigenvalue weighted by molar-refractivity contribution is 6.08. The Labute approximate surface area is 180 Å². The Kier molecular flexibility index (Phi) is 5.02. The van der Waals surface area contributed by atoms with E-state index in [0.29, 0.717) is 23.6 Å². The summed E-state index contributed by atoms with van der Waals surface area (Å²) in [6.45, 7) is 0.648. The van der Waals surface area contributed by atoms with Gasteiger partial charge in [0.1, 0.15) is 11.5 Å². The van der Waals surface area contributed by atoms with Gasteiger partial charge in [0.25, 0.3) is 5.91 Å². The van der Waals surface area contributed by atoms with Crippen LogP contribution in [0.25, 0.3) is 0 Å². The molecule has 3 heterocycles. The van der Waals surface area contributed by atoms with E-state index < -0.39 is 0 Å². The first-order chi connectivity index (χ1) is 15.3. The third-order valence-corrected chi connectivity index (χ3v) is 5.16. The first-order valence-electron chi connectivity index (χ1n) is 10.1. The third-order valence-electron chi connectivity index (χ3n) is 5.16. The van der Waals surface area contributed by atoms with Gasteiger partial charge in [0.15, 0.2) is 0 Å². The van der Waals surface area contributed by atoms with Crippen LogP contribution in [0.4, 0.5) is 17.1 Å². The van der Waals surface area contributed by atoms with Gasteiger partial charge in [-0.25, -0.2) is 0 Å². The maximum atomic E-state index is 13.3. The number of benzene rings is 2. The summed E-state index contributed by atoms with van der Waals surface area (Å²) in [5.41, 5.74) is 4.44. The van der Waals surface area contributed by atoms with Crippen LogP contribution in [0.2, 0.25) is 0 Å². The van der Waals surface area contributed by atoms with Crippen molar-refractivity contribution < 1.29 is 9.53 Å². The number of hydrogen-bond donors (Lipinski definition) is 1. The molecule has 0 saturated carbocycles. The first-order valence-corrected chi connectivity index (χ1v) is 10.1. The lowest BCUT2D eigenvalue weighted by Crippen LogP contribution is -2.28. The van der Waals surface area contributed by atoms with E-state index in [2.05, 4.69) is 15.3 Å². The van der Waals surface area contributed by atoms with Crippen molar-refractivity contribution in [1.82, 2.24) is 9.97 Å². The molecule has 1 N–H and O–H groups in total. The highest BCUT2D eigenvalue weighted by atomic mass is 16.5. The van der Waals surface area contributed by atoms with Gasteiger partial charge in [0, 0.05) is 54.3 Å². The lowest BCUT2D eigenvalue weighted by molar-refractivity contribution is 0.0989. The van der Waals surface area contributed by atoms with Crippen LogP contribution in [0.15, 0.2) is 91.5 Å². The van der Waals surface area contributed by atoms with E-state index in [1.165, 1.54) is 0 Å². The molecule has 0 atom stereocenters. The number of carbonyl (C=O) groups excluding carboxylic acids is 1. The molecular weight excluding hydrogens is 388 g/mol. The smallest absolute Gasteiger partial charge is 0.258 e. The van der Waals surface area contributed by atoms with E-state index in [0.717, 1.165) is 29.0 Å². The molecule has 0 fully saturated rings. The summed E-state index contributed by atoms with van der Waals surface area (Å²) in [6, 6.07) is 20.8. The summed E-state index contributed by atoms with van der Waals surface area (Å²) in [5, 5.41) is 3.31. The fraction of sp³-hybridized carbons (Fsp3) is 0.0800. The number of pyridine rings is 2. The van der Waals surface area contributed by atoms with E-state index in [1.807, 2.05) is 59.5 Å².